The first-order valence-electron chi connectivity index (χ1n) is 7.73. The van der Waals surface area contributed by atoms with Gasteiger partial charge < -0.3 is 4.74 Å². The van der Waals surface area contributed by atoms with Crippen molar-refractivity contribution in [1.82, 2.24) is 0 Å². The molecule has 0 saturated heterocycles. The highest BCUT2D eigenvalue weighted by Crippen LogP contribution is 2.47. The van der Waals surface area contributed by atoms with Crippen LogP contribution in [0.2, 0.25) is 0 Å². The molecule has 3 rings (SSSR count). The van der Waals surface area contributed by atoms with Crippen molar-refractivity contribution in [3.8, 4) is 0 Å². The second-order valence-corrected chi connectivity index (χ2v) is 6.56. The lowest BCUT2D eigenvalue weighted by Gasteiger charge is -2.26. The molecular formula is C19H15F3O2S. The van der Waals surface area contributed by atoms with Gasteiger partial charge in [0.05, 0.1) is 12.2 Å². The largest absolute Gasteiger partial charge is 0.463 e. The Bertz CT molecular complexity index is 828. The van der Waals surface area contributed by atoms with Gasteiger partial charge in [-0.2, -0.15) is 13.2 Å². The van der Waals surface area contributed by atoms with E-state index in [4.69, 9.17) is 4.74 Å². The Labute approximate surface area is 147 Å². The highest BCUT2D eigenvalue weighted by molar-refractivity contribution is 7.99. The number of rotatable bonds is 3. The van der Waals surface area contributed by atoms with Crippen molar-refractivity contribution in [3.63, 3.8) is 0 Å². The number of ether oxygens (including phenoxy) is 1. The molecule has 2 aromatic carbocycles. The average Bonchev–Trinajstić information content (AvgIpc) is 2.57. The SMILES string of the molecule is CCOC(=O)/C=C/C1c2ccccc2Sc2ccc(C(F)(F)F)cc21. The molecule has 0 spiro atoms. The molecule has 2 nitrogen and oxygen atoms in total. The van der Waals surface area contributed by atoms with E-state index in [2.05, 4.69) is 0 Å². The first-order chi connectivity index (χ1) is 11.9. The normalized spacial score (nSPS) is 16.4. The summed E-state index contributed by atoms with van der Waals surface area (Å²) in [7, 11) is 0. The standard InChI is InChI=1S/C19H15F3O2S/c1-2-24-18(23)10-8-13-14-5-3-4-6-16(14)25-17-9-7-12(11-15(13)17)19(20,21)22/h3-11,13H,2H2,1H3/b10-8+. The number of esters is 1. The lowest BCUT2D eigenvalue weighted by molar-refractivity contribution is -0.138. The second kappa shape index (κ2) is 6.96. The van der Waals surface area contributed by atoms with Gasteiger partial charge in [-0.1, -0.05) is 36.0 Å². The lowest BCUT2D eigenvalue weighted by Crippen LogP contribution is -2.11. The molecule has 1 atom stereocenters. The van der Waals surface area contributed by atoms with Gasteiger partial charge in [0.15, 0.2) is 0 Å². The van der Waals surface area contributed by atoms with E-state index in [0.29, 0.717) is 5.56 Å². The molecule has 0 fully saturated rings. The molecule has 0 saturated carbocycles. The van der Waals surface area contributed by atoms with Gasteiger partial charge in [-0.3, -0.25) is 0 Å². The molecule has 0 aliphatic carbocycles. The summed E-state index contributed by atoms with van der Waals surface area (Å²) >= 11 is 1.43. The van der Waals surface area contributed by atoms with E-state index < -0.39 is 23.6 Å². The summed E-state index contributed by atoms with van der Waals surface area (Å²) in [6.07, 6.45) is -1.52. The summed E-state index contributed by atoms with van der Waals surface area (Å²) in [4.78, 5) is 13.4. The van der Waals surface area contributed by atoms with Crippen molar-refractivity contribution < 1.29 is 22.7 Å². The molecule has 1 heterocycles. The van der Waals surface area contributed by atoms with Crippen LogP contribution in [0, 0.1) is 0 Å². The molecule has 25 heavy (non-hydrogen) atoms. The van der Waals surface area contributed by atoms with Crippen LogP contribution in [-0.4, -0.2) is 12.6 Å². The quantitative estimate of drug-likeness (QED) is 0.537. The summed E-state index contributed by atoms with van der Waals surface area (Å²) in [6.45, 7) is 1.94. The molecular weight excluding hydrogens is 349 g/mol. The molecule has 0 N–H and O–H groups in total. The van der Waals surface area contributed by atoms with Gasteiger partial charge in [0.1, 0.15) is 0 Å². The fraction of sp³-hybridized carbons (Fsp3) is 0.211. The van der Waals surface area contributed by atoms with E-state index in [1.165, 1.54) is 30.0 Å². The van der Waals surface area contributed by atoms with Gasteiger partial charge in [0, 0.05) is 21.8 Å². The number of allylic oxidation sites excluding steroid dienone is 1. The van der Waals surface area contributed by atoms with Crippen LogP contribution in [0.3, 0.4) is 0 Å². The number of alkyl halides is 3. The number of carbonyl (C=O) groups is 1. The monoisotopic (exact) mass is 364 g/mol. The van der Waals surface area contributed by atoms with Crippen molar-refractivity contribution in [1.29, 1.82) is 0 Å². The van der Waals surface area contributed by atoms with Crippen LogP contribution in [-0.2, 0) is 15.7 Å². The molecule has 0 aromatic heterocycles. The molecule has 0 amide bonds. The molecule has 1 aliphatic rings. The van der Waals surface area contributed by atoms with E-state index in [1.54, 1.807) is 13.0 Å². The summed E-state index contributed by atoms with van der Waals surface area (Å²) < 4.78 is 44.2. The Morgan fingerprint density at radius 3 is 2.60 bits per heavy atom. The molecule has 2 aromatic rings. The van der Waals surface area contributed by atoms with Gasteiger partial charge in [-0.25, -0.2) is 4.79 Å². The average molecular weight is 364 g/mol. The third-order valence-electron chi connectivity index (χ3n) is 3.86. The molecule has 130 valence electrons. The fourth-order valence-electron chi connectivity index (χ4n) is 2.75. The first kappa shape index (κ1) is 17.6. The highest BCUT2D eigenvalue weighted by Gasteiger charge is 2.33. The fourth-order valence-corrected chi connectivity index (χ4v) is 3.89. The Kier molecular flexibility index (Phi) is 4.90. The molecule has 0 radical (unpaired) electrons. The van der Waals surface area contributed by atoms with E-state index in [1.807, 2.05) is 24.3 Å². The number of fused-ring (bicyclic) bond motifs is 2. The van der Waals surface area contributed by atoms with Crippen molar-refractivity contribution in [2.45, 2.75) is 28.8 Å². The summed E-state index contributed by atoms with van der Waals surface area (Å²) in [6, 6.07) is 11.3. The van der Waals surface area contributed by atoms with Gasteiger partial charge in [-0.05, 0) is 42.3 Å². The maximum absolute atomic E-state index is 13.1. The topological polar surface area (TPSA) is 26.3 Å². The van der Waals surface area contributed by atoms with Crippen LogP contribution in [0.4, 0.5) is 13.2 Å². The summed E-state index contributed by atoms with van der Waals surface area (Å²) in [5, 5.41) is 0. The Morgan fingerprint density at radius 1 is 1.16 bits per heavy atom. The third kappa shape index (κ3) is 3.74. The number of hydrogen-bond acceptors (Lipinski definition) is 3. The number of benzene rings is 2. The summed E-state index contributed by atoms with van der Waals surface area (Å²) in [5.41, 5.74) is 0.722. The van der Waals surface area contributed by atoms with E-state index >= 15 is 0 Å². The van der Waals surface area contributed by atoms with Crippen LogP contribution < -0.4 is 0 Å². The molecule has 0 bridgehead atoms. The van der Waals surface area contributed by atoms with Crippen LogP contribution >= 0.6 is 11.8 Å². The van der Waals surface area contributed by atoms with Crippen molar-refractivity contribution in [3.05, 3.63) is 71.3 Å². The third-order valence-corrected chi connectivity index (χ3v) is 5.04. The maximum Gasteiger partial charge on any atom is 0.416 e. The van der Waals surface area contributed by atoms with Crippen molar-refractivity contribution in [2.75, 3.05) is 6.61 Å². The van der Waals surface area contributed by atoms with E-state index in [-0.39, 0.29) is 6.61 Å². The minimum Gasteiger partial charge on any atom is -0.463 e. The zero-order chi connectivity index (χ0) is 18.0. The Balaban J connectivity index is 2.07. The molecule has 1 aliphatic heterocycles. The molecule has 1 unspecified atom stereocenters. The molecule has 6 heteroatoms. The Morgan fingerprint density at radius 2 is 1.88 bits per heavy atom. The van der Waals surface area contributed by atoms with Gasteiger partial charge in [0.25, 0.3) is 0 Å². The maximum atomic E-state index is 13.1. The predicted octanol–water partition coefficient (Wildman–Crippen LogP) is 5.42. The highest BCUT2D eigenvalue weighted by atomic mass is 32.2. The van der Waals surface area contributed by atoms with E-state index in [0.717, 1.165) is 21.4 Å². The van der Waals surface area contributed by atoms with Crippen LogP contribution in [0.15, 0.2) is 64.4 Å². The van der Waals surface area contributed by atoms with Crippen molar-refractivity contribution in [2.24, 2.45) is 0 Å². The minimum atomic E-state index is -4.41. The van der Waals surface area contributed by atoms with Crippen LogP contribution in [0.25, 0.3) is 0 Å². The van der Waals surface area contributed by atoms with Gasteiger partial charge >= 0.3 is 12.1 Å². The second-order valence-electron chi connectivity index (χ2n) is 5.48. The van der Waals surface area contributed by atoms with Gasteiger partial charge in [0.2, 0.25) is 0 Å². The first-order valence-corrected chi connectivity index (χ1v) is 8.54. The van der Waals surface area contributed by atoms with E-state index in [9.17, 15) is 18.0 Å². The number of carbonyl (C=O) groups excluding carboxylic acids is 1. The Hall–Kier alpha value is -2.21. The van der Waals surface area contributed by atoms with Crippen LogP contribution in [0.1, 0.15) is 29.5 Å². The smallest absolute Gasteiger partial charge is 0.416 e. The zero-order valence-electron chi connectivity index (χ0n) is 13.3. The number of halogens is 3. The predicted molar refractivity (Wildman–Crippen MR) is 89.6 cm³/mol. The van der Waals surface area contributed by atoms with Crippen molar-refractivity contribution >= 4 is 17.7 Å². The van der Waals surface area contributed by atoms with Crippen LogP contribution in [0.5, 0.6) is 0 Å². The minimum absolute atomic E-state index is 0.245. The lowest BCUT2D eigenvalue weighted by atomic mass is 9.89. The van der Waals surface area contributed by atoms with Gasteiger partial charge in [-0.15, -0.1) is 0 Å². The zero-order valence-corrected chi connectivity index (χ0v) is 14.2. The number of hydrogen-bond donors (Lipinski definition) is 0. The summed E-state index contributed by atoms with van der Waals surface area (Å²) in [5.74, 6) is -0.939.